The number of halogens is 1. The zero-order valence-electron chi connectivity index (χ0n) is 18.4. The molecule has 7 heteroatoms. The van der Waals surface area contributed by atoms with Crippen molar-refractivity contribution < 1.29 is 29.3 Å². The molecular weight excluding hydrogens is 499 g/mol. The minimum atomic E-state index is -0.770. The zero-order chi connectivity index (χ0) is 22.5. The monoisotopic (exact) mass is 536 g/mol. The predicted molar refractivity (Wildman–Crippen MR) is 126 cm³/mol. The highest BCUT2D eigenvalue weighted by atomic mass is 127. The fourth-order valence-electron chi connectivity index (χ4n) is 4.03. The van der Waals surface area contributed by atoms with Gasteiger partial charge in [0.2, 0.25) is 0 Å². The highest BCUT2D eigenvalue weighted by Gasteiger charge is 2.42. The highest BCUT2D eigenvalue weighted by Crippen LogP contribution is 2.44. The quantitative estimate of drug-likeness (QED) is 0.132. The maximum atomic E-state index is 11.7. The predicted octanol–water partition coefficient (Wildman–Crippen LogP) is 5.87. The van der Waals surface area contributed by atoms with E-state index in [1.165, 1.54) is 10.7 Å². The Bertz CT molecular complexity index is 588. The van der Waals surface area contributed by atoms with Crippen molar-refractivity contribution in [1.82, 2.24) is 0 Å². The van der Waals surface area contributed by atoms with Crippen LogP contribution in [0.4, 0.5) is 4.79 Å². The first kappa shape index (κ1) is 26.9. The van der Waals surface area contributed by atoms with Crippen molar-refractivity contribution in [2.24, 2.45) is 17.8 Å². The van der Waals surface area contributed by atoms with Gasteiger partial charge in [0.25, 0.3) is 0 Å². The smallest absolute Gasteiger partial charge is 0.481 e. The largest absolute Gasteiger partial charge is 0.508 e. The van der Waals surface area contributed by atoms with Crippen LogP contribution < -0.4 is 0 Å². The first-order chi connectivity index (χ1) is 14.3. The van der Waals surface area contributed by atoms with Crippen LogP contribution in [-0.2, 0) is 14.3 Å². The van der Waals surface area contributed by atoms with Gasteiger partial charge in [0.1, 0.15) is 6.10 Å². The summed E-state index contributed by atoms with van der Waals surface area (Å²) < 4.78 is 11.4. The van der Waals surface area contributed by atoms with E-state index in [-0.39, 0.29) is 24.4 Å². The van der Waals surface area contributed by atoms with E-state index in [1.54, 1.807) is 0 Å². The van der Waals surface area contributed by atoms with Crippen molar-refractivity contribution in [2.45, 2.75) is 83.8 Å². The number of aliphatic hydroxyl groups is 1. The molecule has 1 fully saturated rings. The topological polar surface area (TPSA) is 93.1 Å². The number of ether oxygens (including phenoxy) is 2. The van der Waals surface area contributed by atoms with Gasteiger partial charge >= 0.3 is 12.1 Å². The maximum absolute atomic E-state index is 11.7. The van der Waals surface area contributed by atoms with Crippen LogP contribution in [-0.4, -0.2) is 41.7 Å². The molecule has 1 aliphatic rings. The third kappa shape index (κ3) is 10.3. The molecule has 5 atom stereocenters. The SMILES string of the molecule is CCCCC[C@H](O)/C=C/[C@@H]1[C@@H](C/C(I)=C/CCCC(=O)O)[C@@H](C)C[C@H]1OC(=O)OC. The van der Waals surface area contributed by atoms with Gasteiger partial charge in [0.15, 0.2) is 0 Å². The normalized spacial score (nSPS) is 25.4. The number of carboxylic acid groups (broad SMARTS) is 1. The van der Waals surface area contributed by atoms with Gasteiger partial charge in [-0.1, -0.05) is 51.3 Å². The molecule has 0 heterocycles. The molecule has 0 aromatic heterocycles. The minimum absolute atomic E-state index is 0.0112. The first-order valence-corrected chi connectivity index (χ1v) is 12.0. The molecule has 0 aliphatic heterocycles. The van der Waals surface area contributed by atoms with Crippen molar-refractivity contribution >= 4 is 34.7 Å². The summed E-state index contributed by atoms with van der Waals surface area (Å²) in [6.45, 7) is 4.30. The number of carboxylic acids is 1. The van der Waals surface area contributed by atoms with E-state index in [4.69, 9.17) is 14.6 Å². The van der Waals surface area contributed by atoms with Gasteiger partial charge in [-0.25, -0.2) is 4.79 Å². The van der Waals surface area contributed by atoms with Crippen molar-refractivity contribution in [3.05, 3.63) is 21.8 Å². The van der Waals surface area contributed by atoms with E-state index < -0.39 is 18.2 Å². The Morgan fingerprint density at radius 2 is 2.00 bits per heavy atom. The van der Waals surface area contributed by atoms with Crippen LogP contribution in [0.25, 0.3) is 0 Å². The van der Waals surface area contributed by atoms with E-state index in [2.05, 4.69) is 42.5 Å². The number of allylic oxidation sites excluding steroid dienone is 2. The summed E-state index contributed by atoms with van der Waals surface area (Å²) >= 11 is 2.32. The molecule has 0 amide bonds. The lowest BCUT2D eigenvalue weighted by Gasteiger charge is -2.23. The summed E-state index contributed by atoms with van der Waals surface area (Å²) in [5, 5.41) is 19.1. The van der Waals surface area contributed by atoms with Crippen LogP contribution in [0.1, 0.15) is 71.6 Å². The molecule has 1 saturated carbocycles. The lowest BCUT2D eigenvalue weighted by molar-refractivity contribution is -0.137. The Labute approximate surface area is 194 Å². The second kappa shape index (κ2) is 14.8. The van der Waals surface area contributed by atoms with Gasteiger partial charge in [-0.3, -0.25) is 4.79 Å². The number of carbonyl (C=O) groups excluding carboxylic acids is 1. The summed E-state index contributed by atoms with van der Waals surface area (Å²) in [5.41, 5.74) is 0. The molecule has 2 N–H and O–H groups in total. The molecule has 1 rings (SSSR count). The number of aliphatic carboxylic acids is 1. The third-order valence-electron chi connectivity index (χ3n) is 5.72. The Kier molecular flexibility index (Phi) is 13.3. The lowest BCUT2D eigenvalue weighted by Crippen LogP contribution is -2.24. The molecule has 30 heavy (non-hydrogen) atoms. The molecule has 0 radical (unpaired) electrons. The minimum Gasteiger partial charge on any atom is -0.481 e. The van der Waals surface area contributed by atoms with E-state index in [9.17, 15) is 14.7 Å². The van der Waals surface area contributed by atoms with Crippen LogP contribution in [0.2, 0.25) is 0 Å². The molecule has 0 aromatic carbocycles. The summed E-state index contributed by atoms with van der Waals surface area (Å²) in [6.07, 6.45) is 11.6. The number of methoxy groups -OCH3 is 1. The summed E-state index contributed by atoms with van der Waals surface area (Å²) in [4.78, 5) is 22.4. The summed E-state index contributed by atoms with van der Waals surface area (Å²) in [5.74, 6) is -0.129. The molecule has 0 spiro atoms. The summed E-state index contributed by atoms with van der Waals surface area (Å²) in [7, 11) is 1.31. The molecule has 0 bridgehead atoms. The Balaban J connectivity index is 2.82. The van der Waals surface area contributed by atoms with Crippen LogP contribution >= 0.6 is 22.6 Å². The van der Waals surface area contributed by atoms with Gasteiger partial charge in [-0.2, -0.15) is 0 Å². The van der Waals surface area contributed by atoms with E-state index in [0.717, 1.165) is 44.9 Å². The van der Waals surface area contributed by atoms with Crippen molar-refractivity contribution in [2.75, 3.05) is 7.11 Å². The highest BCUT2D eigenvalue weighted by molar-refractivity contribution is 14.1. The van der Waals surface area contributed by atoms with Crippen LogP contribution in [0.5, 0.6) is 0 Å². The molecule has 1 aliphatic carbocycles. The fourth-order valence-corrected chi connectivity index (χ4v) is 4.85. The standard InChI is InChI=1S/C23H37IO6/c1-4-5-6-10-18(25)12-13-19-20(15-17(24)9-7-8-11-22(26)27)16(2)14-21(19)30-23(28)29-3/h9,12-13,16,18-21,25H,4-8,10-11,14-15H2,1-3H3,(H,26,27)/b13-12+,17-9-/t16-,18-,19+,20-,21+/m0/s1. The second-order valence-corrected chi connectivity index (χ2v) is 9.54. The number of carbonyl (C=O) groups is 2. The average molecular weight is 536 g/mol. The third-order valence-corrected chi connectivity index (χ3v) is 6.60. The van der Waals surface area contributed by atoms with E-state index in [0.29, 0.717) is 12.3 Å². The van der Waals surface area contributed by atoms with E-state index >= 15 is 0 Å². The van der Waals surface area contributed by atoms with Crippen molar-refractivity contribution in [1.29, 1.82) is 0 Å². The number of hydrogen-bond donors (Lipinski definition) is 2. The fraction of sp³-hybridized carbons (Fsp3) is 0.739. The van der Waals surface area contributed by atoms with Gasteiger partial charge in [-0.05, 0) is 70.1 Å². The number of hydrogen-bond acceptors (Lipinski definition) is 5. The first-order valence-electron chi connectivity index (χ1n) is 11.0. The number of unbranched alkanes of at least 4 members (excludes halogenated alkanes) is 3. The zero-order valence-corrected chi connectivity index (χ0v) is 20.5. The van der Waals surface area contributed by atoms with Gasteiger partial charge in [0.05, 0.1) is 13.2 Å². The maximum Gasteiger partial charge on any atom is 0.508 e. The summed E-state index contributed by atoms with van der Waals surface area (Å²) in [6, 6.07) is 0. The molecule has 0 unspecified atom stereocenters. The van der Waals surface area contributed by atoms with Crippen molar-refractivity contribution in [3.63, 3.8) is 0 Å². The average Bonchev–Trinajstić information content (AvgIpc) is 2.97. The molecular formula is C23H37IO6. The number of aliphatic hydroxyl groups excluding tert-OH is 1. The Morgan fingerprint density at radius 1 is 1.27 bits per heavy atom. The van der Waals surface area contributed by atoms with Gasteiger partial charge in [-0.15, -0.1) is 0 Å². The Morgan fingerprint density at radius 3 is 2.63 bits per heavy atom. The van der Waals surface area contributed by atoms with Gasteiger partial charge in [0, 0.05) is 12.3 Å². The molecule has 6 nitrogen and oxygen atoms in total. The second-order valence-electron chi connectivity index (χ2n) is 8.15. The molecule has 0 saturated heterocycles. The van der Waals surface area contributed by atoms with Crippen LogP contribution in [0.15, 0.2) is 21.8 Å². The number of rotatable bonds is 13. The van der Waals surface area contributed by atoms with Crippen molar-refractivity contribution in [3.8, 4) is 0 Å². The van der Waals surface area contributed by atoms with Gasteiger partial charge < -0.3 is 19.7 Å². The molecule has 0 aromatic rings. The lowest BCUT2D eigenvalue weighted by atomic mass is 9.86. The van der Waals surface area contributed by atoms with Crippen LogP contribution in [0, 0.1) is 17.8 Å². The van der Waals surface area contributed by atoms with E-state index in [1.807, 2.05) is 12.2 Å². The molecule has 172 valence electrons. The Hall–Kier alpha value is -1.09. The van der Waals surface area contributed by atoms with Crippen LogP contribution in [0.3, 0.4) is 0 Å².